The van der Waals surface area contributed by atoms with Crippen LogP contribution in [-0.2, 0) is 4.79 Å². The van der Waals surface area contributed by atoms with Gasteiger partial charge in [-0.3, -0.25) is 4.79 Å². The predicted octanol–water partition coefficient (Wildman–Crippen LogP) is 3.07. The van der Waals surface area contributed by atoms with Crippen LogP contribution in [0.4, 0.5) is 0 Å². The van der Waals surface area contributed by atoms with Crippen LogP contribution in [0.15, 0.2) is 0 Å². The number of rotatable bonds is 6. The highest BCUT2D eigenvalue weighted by Crippen LogP contribution is 2.27. The number of carbonyl (C=O) groups excluding carboxylic acids is 1. The van der Waals surface area contributed by atoms with Crippen molar-refractivity contribution < 1.29 is 4.79 Å². The average Bonchev–Trinajstić information content (AvgIpc) is 2.30. The van der Waals surface area contributed by atoms with Gasteiger partial charge in [0.2, 0.25) is 0 Å². The average molecular weight is 257 g/mol. The van der Waals surface area contributed by atoms with E-state index in [0.29, 0.717) is 17.7 Å². The molecule has 1 aliphatic rings. The van der Waals surface area contributed by atoms with E-state index in [2.05, 4.69) is 32.1 Å². The summed E-state index contributed by atoms with van der Waals surface area (Å²) >= 11 is 1.90. The first kappa shape index (κ1) is 15.0. The molecule has 2 nitrogen and oxygen atoms in total. The smallest absolute Gasteiger partial charge is 0.137 e. The summed E-state index contributed by atoms with van der Waals surface area (Å²) in [6.45, 7) is 5.50. The standard InChI is InChI=1S/C14H27NOS/c1-11-5-6-14(16)13(9-11)10-15(3)12(2)7-8-17-4/h11-13H,5-10H2,1-4H3. The van der Waals surface area contributed by atoms with Gasteiger partial charge < -0.3 is 4.90 Å². The minimum Gasteiger partial charge on any atom is -0.303 e. The zero-order valence-electron chi connectivity index (χ0n) is 11.7. The third kappa shape index (κ3) is 5.01. The van der Waals surface area contributed by atoms with Gasteiger partial charge in [-0.05, 0) is 51.2 Å². The van der Waals surface area contributed by atoms with Gasteiger partial charge in [0.1, 0.15) is 5.78 Å². The first-order valence-corrected chi connectivity index (χ1v) is 8.15. The summed E-state index contributed by atoms with van der Waals surface area (Å²) in [6.07, 6.45) is 6.37. The molecular formula is C14H27NOS. The molecule has 3 atom stereocenters. The molecule has 1 aliphatic carbocycles. The van der Waals surface area contributed by atoms with Crippen molar-refractivity contribution in [2.24, 2.45) is 11.8 Å². The van der Waals surface area contributed by atoms with Crippen LogP contribution in [0.25, 0.3) is 0 Å². The predicted molar refractivity (Wildman–Crippen MR) is 76.6 cm³/mol. The second-order valence-corrected chi connectivity index (χ2v) is 6.60. The molecule has 0 spiro atoms. The van der Waals surface area contributed by atoms with Crippen LogP contribution in [0.1, 0.15) is 39.5 Å². The van der Waals surface area contributed by atoms with Gasteiger partial charge in [-0.2, -0.15) is 11.8 Å². The highest BCUT2D eigenvalue weighted by molar-refractivity contribution is 7.98. The van der Waals surface area contributed by atoms with Gasteiger partial charge in [-0.25, -0.2) is 0 Å². The van der Waals surface area contributed by atoms with Crippen LogP contribution < -0.4 is 0 Å². The van der Waals surface area contributed by atoms with Crippen molar-refractivity contribution in [3.63, 3.8) is 0 Å². The molecule has 0 bridgehead atoms. The number of thioether (sulfide) groups is 1. The molecule has 0 aliphatic heterocycles. The summed E-state index contributed by atoms with van der Waals surface area (Å²) in [5, 5.41) is 0. The van der Waals surface area contributed by atoms with E-state index in [4.69, 9.17) is 0 Å². The quantitative estimate of drug-likeness (QED) is 0.729. The molecule has 0 heterocycles. The van der Waals surface area contributed by atoms with Crippen molar-refractivity contribution in [3.05, 3.63) is 0 Å². The summed E-state index contributed by atoms with van der Waals surface area (Å²) in [4.78, 5) is 14.3. The maximum atomic E-state index is 11.9. The lowest BCUT2D eigenvalue weighted by atomic mass is 9.81. The first-order valence-electron chi connectivity index (χ1n) is 6.76. The minimum atomic E-state index is 0.292. The van der Waals surface area contributed by atoms with Crippen LogP contribution in [0.2, 0.25) is 0 Å². The molecule has 3 unspecified atom stereocenters. The number of hydrogen-bond donors (Lipinski definition) is 0. The van der Waals surface area contributed by atoms with E-state index >= 15 is 0 Å². The SMILES string of the molecule is CSCCC(C)N(C)CC1CC(C)CCC1=O. The summed E-state index contributed by atoms with van der Waals surface area (Å²) in [6, 6.07) is 0.590. The molecule has 0 saturated heterocycles. The molecule has 0 radical (unpaired) electrons. The topological polar surface area (TPSA) is 20.3 Å². The highest BCUT2D eigenvalue weighted by Gasteiger charge is 2.28. The van der Waals surface area contributed by atoms with E-state index in [-0.39, 0.29) is 0 Å². The van der Waals surface area contributed by atoms with Gasteiger partial charge in [-0.15, -0.1) is 0 Å². The molecule has 0 aromatic rings. The summed E-state index contributed by atoms with van der Waals surface area (Å²) in [5.74, 6) is 2.72. The lowest BCUT2D eigenvalue weighted by molar-refractivity contribution is -0.126. The highest BCUT2D eigenvalue weighted by atomic mass is 32.2. The van der Waals surface area contributed by atoms with Crippen LogP contribution in [0.5, 0.6) is 0 Å². The van der Waals surface area contributed by atoms with Crippen LogP contribution >= 0.6 is 11.8 Å². The van der Waals surface area contributed by atoms with Gasteiger partial charge in [0.05, 0.1) is 0 Å². The molecule has 3 heteroatoms. The molecule has 0 amide bonds. The van der Waals surface area contributed by atoms with Gasteiger partial charge in [0.15, 0.2) is 0 Å². The number of carbonyl (C=O) groups is 1. The van der Waals surface area contributed by atoms with Crippen molar-refractivity contribution >= 4 is 17.5 Å². The number of hydrogen-bond acceptors (Lipinski definition) is 3. The Balaban J connectivity index is 2.38. The van der Waals surface area contributed by atoms with Crippen molar-refractivity contribution in [3.8, 4) is 0 Å². The van der Waals surface area contributed by atoms with Crippen LogP contribution in [0, 0.1) is 11.8 Å². The molecular weight excluding hydrogens is 230 g/mol. The van der Waals surface area contributed by atoms with Gasteiger partial charge in [0.25, 0.3) is 0 Å². The number of nitrogens with zero attached hydrogens (tertiary/aromatic N) is 1. The molecule has 0 aromatic carbocycles. The van der Waals surface area contributed by atoms with E-state index in [1.807, 2.05) is 11.8 Å². The van der Waals surface area contributed by atoms with Gasteiger partial charge in [0, 0.05) is 24.9 Å². The largest absolute Gasteiger partial charge is 0.303 e. The second-order valence-electron chi connectivity index (χ2n) is 5.61. The monoisotopic (exact) mass is 257 g/mol. The Morgan fingerprint density at radius 1 is 1.53 bits per heavy atom. The van der Waals surface area contributed by atoms with Crippen molar-refractivity contribution in [1.82, 2.24) is 4.90 Å². The number of ketones is 1. The van der Waals surface area contributed by atoms with E-state index in [1.54, 1.807) is 0 Å². The lowest BCUT2D eigenvalue weighted by Crippen LogP contribution is -2.38. The molecule has 17 heavy (non-hydrogen) atoms. The first-order chi connectivity index (χ1) is 8.04. The fraction of sp³-hybridized carbons (Fsp3) is 0.929. The van der Waals surface area contributed by atoms with E-state index in [0.717, 1.165) is 31.7 Å². The number of Topliss-reactive ketones (excluding diaryl/α,β-unsaturated/α-hetero) is 1. The normalized spacial score (nSPS) is 27.5. The molecule has 100 valence electrons. The minimum absolute atomic E-state index is 0.292. The Hall–Kier alpha value is -0.0200. The molecule has 0 aromatic heterocycles. The van der Waals surface area contributed by atoms with E-state index in [1.165, 1.54) is 12.2 Å². The van der Waals surface area contributed by atoms with Gasteiger partial charge in [-0.1, -0.05) is 6.92 Å². The Bertz CT molecular complexity index is 244. The van der Waals surface area contributed by atoms with Crippen LogP contribution in [0.3, 0.4) is 0 Å². The van der Waals surface area contributed by atoms with Crippen molar-refractivity contribution in [2.45, 2.75) is 45.6 Å². The zero-order chi connectivity index (χ0) is 12.8. The third-order valence-electron chi connectivity index (χ3n) is 4.03. The fourth-order valence-electron chi connectivity index (χ4n) is 2.54. The van der Waals surface area contributed by atoms with E-state index < -0.39 is 0 Å². The second kappa shape index (κ2) is 7.42. The Morgan fingerprint density at radius 2 is 2.24 bits per heavy atom. The summed E-state index contributed by atoms with van der Waals surface area (Å²) in [5.41, 5.74) is 0. The fourth-order valence-corrected chi connectivity index (χ4v) is 3.12. The van der Waals surface area contributed by atoms with Crippen molar-refractivity contribution in [1.29, 1.82) is 0 Å². The summed E-state index contributed by atoms with van der Waals surface area (Å²) in [7, 11) is 2.16. The third-order valence-corrected chi connectivity index (χ3v) is 4.67. The van der Waals surface area contributed by atoms with E-state index in [9.17, 15) is 4.79 Å². The Labute approximate surface area is 111 Å². The van der Waals surface area contributed by atoms with Crippen LogP contribution in [-0.4, -0.2) is 42.3 Å². The molecule has 0 N–H and O–H groups in total. The maximum Gasteiger partial charge on any atom is 0.137 e. The molecule has 1 saturated carbocycles. The zero-order valence-corrected chi connectivity index (χ0v) is 12.6. The lowest BCUT2D eigenvalue weighted by Gasteiger charge is -2.32. The summed E-state index contributed by atoms with van der Waals surface area (Å²) < 4.78 is 0. The maximum absolute atomic E-state index is 11.9. The Kier molecular flexibility index (Phi) is 6.57. The molecule has 1 rings (SSSR count). The van der Waals surface area contributed by atoms with Gasteiger partial charge >= 0.3 is 0 Å². The van der Waals surface area contributed by atoms with Crippen molar-refractivity contribution in [2.75, 3.05) is 25.6 Å². The molecule has 1 fully saturated rings. The Morgan fingerprint density at radius 3 is 2.88 bits per heavy atom.